The van der Waals surface area contributed by atoms with Gasteiger partial charge in [0.25, 0.3) is 5.91 Å². The van der Waals surface area contributed by atoms with Gasteiger partial charge in [-0.1, -0.05) is 6.07 Å². The lowest BCUT2D eigenvalue weighted by atomic mass is 9.84. The highest BCUT2D eigenvalue weighted by atomic mass is 16.2. The Kier molecular flexibility index (Phi) is 4.82. The maximum absolute atomic E-state index is 12.8. The Bertz CT molecular complexity index is 758. The van der Waals surface area contributed by atoms with E-state index in [1.54, 1.807) is 18.6 Å². The van der Waals surface area contributed by atoms with E-state index in [4.69, 9.17) is 0 Å². The molecule has 0 N–H and O–H groups in total. The van der Waals surface area contributed by atoms with Crippen LogP contribution < -0.4 is 4.90 Å². The summed E-state index contributed by atoms with van der Waals surface area (Å²) >= 11 is 0. The Morgan fingerprint density at radius 2 is 1.65 bits per heavy atom. The second kappa shape index (κ2) is 7.40. The molecule has 2 aromatic heterocycles. The van der Waals surface area contributed by atoms with E-state index in [0.717, 1.165) is 57.0 Å². The summed E-state index contributed by atoms with van der Waals surface area (Å²) in [6.07, 6.45) is 8.70. The van der Waals surface area contributed by atoms with Crippen molar-refractivity contribution in [3.63, 3.8) is 0 Å². The van der Waals surface area contributed by atoms with E-state index in [1.165, 1.54) is 0 Å². The van der Waals surface area contributed by atoms with Crippen LogP contribution in [0.3, 0.4) is 0 Å². The van der Waals surface area contributed by atoms with Gasteiger partial charge in [-0.2, -0.15) is 0 Å². The number of anilines is 1. The van der Waals surface area contributed by atoms with Gasteiger partial charge in [-0.25, -0.2) is 9.97 Å². The minimum Gasteiger partial charge on any atom is -0.341 e. The fourth-order valence-corrected chi connectivity index (χ4v) is 4.24. The van der Waals surface area contributed by atoms with Gasteiger partial charge in [-0.15, -0.1) is 0 Å². The monoisotopic (exact) mass is 351 g/mol. The minimum absolute atomic E-state index is 0.0840. The van der Waals surface area contributed by atoms with Crippen LogP contribution in [0.5, 0.6) is 0 Å². The third kappa shape index (κ3) is 3.41. The molecule has 6 heteroatoms. The summed E-state index contributed by atoms with van der Waals surface area (Å²) in [5.74, 6) is 2.19. The van der Waals surface area contributed by atoms with E-state index in [2.05, 4.69) is 19.9 Å². The van der Waals surface area contributed by atoms with E-state index < -0.39 is 0 Å². The zero-order valence-corrected chi connectivity index (χ0v) is 15.2. The van der Waals surface area contributed by atoms with Gasteiger partial charge in [0, 0.05) is 44.8 Å². The third-order valence-corrected chi connectivity index (χ3v) is 5.77. The molecule has 4 heterocycles. The lowest BCUT2D eigenvalue weighted by Gasteiger charge is -2.34. The topological polar surface area (TPSA) is 62.2 Å². The summed E-state index contributed by atoms with van der Waals surface area (Å²) < 4.78 is 0. The summed E-state index contributed by atoms with van der Waals surface area (Å²) in [4.78, 5) is 30.0. The van der Waals surface area contributed by atoms with Crippen molar-refractivity contribution >= 4 is 11.9 Å². The Hall–Kier alpha value is -2.50. The molecule has 26 heavy (non-hydrogen) atoms. The number of nitrogens with zero attached hydrogens (tertiary/aromatic N) is 5. The maximum Gasteiger partial charge on any atom is 0.272 e. The molecular weight excluding hydrogens is 326 g/mol. The summed E-state index contributed by atoms with van der Waals surface area (Å²) in [6.45, 7) is 5.66. The number of pyridine rings is 1. The van der Waals surface area contributed by atoms with Crippen molar-refractivity contribution in [3.8, 4) is 0 Å². The number of aryl methyl sites for hydroxylation is 1. The molecule has 1 atom stereocenters. The molecule has 0 aliphatic carbocycles. The zero-order valence-electron chi connectivity index (χ0n) is 15.2. The molecular formula is C20H25N5O. The Morgan fingerprint density at radius 1 is 0.962 bits per heavy atom. The summed E-state index contributed by atoms with van der Waals surface area (Å²) in [7, 11) is 0. The lowest BCUT2D eigenvalue weighted by Crippen LogP contribution is -2.38. The number of carbonyl (C=O) groups is 1. The fourth-order valence-electron chi connectivity index (χ4n) is 4.24. The quantitative estimate of drug-likeness (QED) is 0.850. The molecule has 2 fully saturated rings. The molecule has 2 saturated heterocycles. The van der Waals surface area contributed by atoms with E-state index in [9.17, 15) is 4.79 Å². The van der Waals surface area contributed by atoms with Crippen LogP contribution in [0, 0.1) is 18.8 Å². The van der Waals surface area contributed by atoms with Crippen molar-refractivity contribution in [1.29, 1.82) is 0 Å². The third-order valence-electron chi connectivity index (χ3n) is 5.77. The number of hydrogen-bond acceptors (Lipinski definition) is 5. The fraction of sp³-hybridized carbons (Fsp3) is 0.500. The molecule has 1 unspecified atom stereocenters. The highest BCUT2D eigenvalue weighted by Crippen LogP contribution is 2.33. The van der Waals surface area contributed by atoms with Crippen LogP contribution in [-0.4, -0.2) is 51.9 Å². The first-order valence-electron chi connectivity index (χ1n) is 9.45. The highest BCUT2D eigenvalue weighted by molar-refractivity contribution is 5.93. The molecule has 4 rings (SSSR count). The van der Waals surface area contributed by atoms with Crippen molar-refractivity contribution in [2.45, 2.75) is 26.2 Å². The number of hydrogen-bond donors (Lipinski definition) is 0. The smallest absolute Gasteiger partial charge is 0.272 e. The van der Waals surface area contributed by atoms with E-state index >= 15 is 0 Å². The van der Waals surface area contributed by atoms with Crippen molar-refractivity contribution in [3.05, 3.63) is 48.0 Å². The molecule has 0 aromatic carbocycles. The molecule has 0 spiro atoms. The van der Waals surface area contributed by atoms with Crippen LogP contribution in [0.1, 0.15) is 35.3 Å². The highest BCUT2D eigenvalue weighted by Gasteiger charge is 2.34. The number of rotatable bonds is 3. The predicted octanol–water partition coefficient (Wildman–Crippen LogP) is 2.56. The standard InChI is InChI=1S/C20H25N5O/c1-15-4-2-8-21-18(15)19(26)25-13-7-17(14-25)16-5-11-24(12-6-16)20-22-9-3-10-23-20/h2-4,8-10,16-17H,5-7,11-14H2,1H3. The van der Waals surface area contributed by atoms with E-state index in [1.807, 2.05) is 30.0 Å². The maximum atomic E-state index is 12.8. The number of piperidine rings is 1. The second-order valence-electron chi connectivity index (χ2n) is 7.34. The SMILES string of the molecule is Cc1cccnc1C(=O)N1CCC(C2CCN(c3ncccn3)CC2)C1. The van der Waals surface area contributed by atoms with Gasteiger partial charge in [0.2, 0.25) is 5.95 Å². The molecule has 2 aliphatic rings. The molecule has 2 aliphatic heterocycles. The van der Waals surface area contributed by atoms with E-state index in [-0.39, 0.29) is 5.91 Å². The van der Waals surface area contributed by atoms with Crippen molar-refractivity contribution in [2.24, 2.45) is 11.8 Å². The molecule has 136 valence electrons. The number of amides is 1. The van der Waals surface area contributed by atoms with Crippen molar-refractivity contribution in [2.75, 3.05) is 31.1 Å². The van der Waals surface area contributed by atoms with Gasteiger partial charge in [0.1, 0.15) is 5.69 Å². The van der Waals surface area contributed by atoms with Crippen molar-refractivity contribution in [1.82, 2.24) is 19.9 Å². The summed E-state index contributed by atoms with van der Waals surface area (Å²) in [6, 6.07) is 5.68. The normalized spacial score (nSPS) is 21.2. The second-order valence-corrected chi connectivity index (χ2v) is 7.34. The minimum atomic E-state index is 0.0840. The first-order chi connectivity index (χ1) is 12.7. The first kappa shape index (κ1) is 16.9. The van der Waals surface area contributed by atoms with Gasteiger partial charge < -0.3 is 9.80 Å². The predicted molar refractivity (Wildman–Crippen MR) is 100.0 cm³/mol. The molecule has 1 amide bonds. The van der Waals surface area contributed by atoms with Crippen LogP contribution in [0.4, 0.5) is 5.95 Å². The van der Waals surface area contributed by atoms with Gasteiger partial charge in [-0.3, -0.25) is 9.78 Å². The Balaban J connectivity index is 1.34. The van der Waals surface area contributed by atoms with Crippen LogP contribution in [0.2, 0.25) is 0 Å². The zero-order chi connectivity index (χ0) is 17.9. The summed E-state index contributed by atoms with van der Waals surface area (Å²) in [5.41, 5.74) is 1.56. The van der Waals surface area contributed by atoms with Gasteiger partial charge >= 0.3 is 0 Å². The van der Waals surface area contributed by atoms with Gasteiger partial charge in [0.15, 0.2) is 0 Å². The van der Waals surface area contributed by atoms with Gasteiger partial charge in [0.05, 0.1) is 0 Å². The van der Waals surface area contributed by atoms with Gasteiger partial charge in [-0.05, 0) is 55.7 Å². The first-order valence-corrected chi connectivity index (χ1v) is 9.45. The van der Waals surface area contributed by atoms with Crippen LogP contribution in [0.25, 0.3) is 0 Å². The molecule has 0 radical (unpaired) electrons. The molecule has 0 saturated carbocycles. The van der Waals surface area contributed by atoms with Crippen LogP contribution in [-0.2, 0) is 0 Å². The Morgan fingerprint density at radius 3 is 2.38 bits per heavy atom. The number of aromatic nitrogens is 3. The largest absolute Gasteiger partial charge is 0.341 e. The van der Waals surface area contributed by atoms with Crippen LogP contribution >= 0.6 is 0 Å². The molecule has 0 bridgehead atoms. The van der Waals surface area contributed by atoms with Crippen molar-refractivity contribution < 1.29 is 4.79 Å². The molecule has 2 aromatic rings. The Labute approximate surface area is 154 Å². The average molecular weight is 351 g/mol. The average Bonchev–Trinajstić information content (AvgIpc) is 3.19. The van der Waals surface area contributed by atoms with Crippen LogP contribution in [0.15, 0.2) is 36.8 Å². The van der Waals surface area contributed by atoms with E-state index in [0.29, 0.717) is 17.5 Å². The molecule has 6 nitrogen and oxygen atoms in total. The summed E-state index contributed by atoms with van der Waals surface area (Å²) in [5, 5.41) is 0. The number of likely N-dealkylation sites (tertiary alicyclic amines) is 1. The number of carbonyl (C=O) groups excluding carboxylic acids is 1. The lowest BCUT2D eigenvalue weighted by molar-refractivity contribution is 0.0774.